The largest absolute Gasteiger partial charge is 0.363 e. The zero-order chi connectivity index (χ0) is 27.3. The molecule has 0 radical (unpaired) electrons. The van der Waals surface area contributed by atoms with E-state index in [-0.39, 0.29) is 23.8 Å². The van der Waals surface area contributed by atoms with Crippen molar-refractivity contribution in [1.82, 2.24) is 0 Å². The van der Waals surface area contributed by atoms with Crippen LogP contribution in [0.25, 0.3) is 0 Å². The van der Waals surface area contributed by atoms with Crippen LogP contribution in [0.5, 0.6) is 0 Å². The quantitative estimate of drug-likeness (QED) is 0.203. The Bertz CT molecular complexity index is 1140. The van der Waals surface area contributed by atoms with Crippen molar-refractivity contribution in [3.63, 3.8) is 0 Å². The van der Waals surface area contributed by atoms with Crippen molar-refractivity contribution in [3.8, 4) is 0 Å². The van der Waals surface area contributed by atoms with E-state index in [1.807, 2.05) is 149 Å². The fraction of sp³-hybridized carbons (Fsp3) is 0.235. The molecule has 0 bridgehead atoms. The van der Waals surface area contributed by atoms with Crippen molar-refractivity contribution in [2.75, 3.05) is 0 Å². The molecular formula is C34H36O4. The number of hydrogen-bond acceptors (Lipinski definition) is 4. The summed E-state index contributed by atoms with van der Waals surface area (Å²) in [4.78, 5) is 25.1. The molecule has 4 aromatic rings. The zero-order valence-electron chi connectivity index (χ0n) is 22.5. The number of benzene rings is 4. The highest BCUT2D eigenvalue weighted by atomic mass is 16.5. The van der Waals surface area contributed by atoms with Crippen LogP contribution in [-0.4, -0.2) is 23.8 Å². The lowest BCUT2D eigenvalue weighted by Crippen LogP contribution is -2.19. The maximum atomic E-state index is 12.6. The average molecular weight is 509 g/mol. The predicted molar refractivity (Wildman–Crippen MR) is 152 cm³/mol. The van der Waals surface area contributed by atoms with Gasteiger partial charge in [0.1, 0.15) is 12.2 Å². The van der Waals surface area contributed by atoms with Crippen molar-refractivity contribution in [2.45, 2.75) is 52.1 Å². The van der Waals surface area contributed by atoms with Gasteiger partial charge in [-0.1, -0.05) is 121 Å². The van der Waals surface area contributed by atoms with Crippen LogP contribution in [0.3, 0.4) is 0 Å². The van der Waals surface area contributed by atoms with Crippen molar-refractivity contribution in [3.05, 3.63) is 144 Å². The first-order valence-corrected chi connectivity index (χ1v) is 13.0. The molecule has 0 aromatic heterocycles. The van der Waals surface area contributed by atoms with Gasteiger partial charge in [-0.3, -0.25) is 9.59 Å². The molecule has 0 saturated carbocycles. The minimum absolute atomic E-state index is 0.000463. The SMILES string of the molecule is CC(C)OC(C(=O)c1ccccc1)c1ccccc1.CC(C)OC(C(=O)c1ccccc1)c1ccccc1. The van der Waals surface area contributed by atoms with E-state index in [2.05, 4.69) is 0 Å². The lowest BCUT2D eigenvalue weighted by molar-refractivity contribution is 0.0114. The van der Waals surface area contributed by atoms with Gasteiger partial charge in [-0.25, -0.2) is 0 Å². The first-order valence-electron chi connectivity index (χ1n) is 13.0. The highest BCUT2D eigenvalue weighted by Gasteiger charge is 2.24. The molecule has 0 spiro atoms. The summed E-state index contributed by atoms with van der Waals surface area (Å²) in [6.07, 6.45) is -1.08. The Hall–Kier alpha value is -3.86. The molecule has 0 amide bonds. The van der Waals surface area contributed by atoms with Crippen LogP contribution < -0.4 is 0 Å². The van der Waals surface area contributed by atoms with Crippen molar-refractivity contribution < 1.29 is 19.1 Å². The van der Waals surface area contributed by atoms with E-state index in [4.69, 9.17) is 9.47 Å². The van der Waals surface area contributed by atoms with Crippen LogP contribution in [0.1, 0.15) is 71.7 Å². The van der Waals surface area contributed by atoms with E-state index in [1.54, 1.807) is 0 Å². The fourth-order valence-electron chi connectivity index (χ4n) is 3.89. The molecule has 0 fully saturated rings. The zero-order valence-corrected chi connectivity index (χ0v) is 22.5. The van der Waals surface area contributed by atoms with Crippen LogP contribution in [-0.2, 0) is 9.47 Å². The topological polar surface area (TPSA) is 52.6 Å². The maximum absolute atomic E-state index is 12.6. The molecule has 0 aliphatic rings. The summed E-state index contributed by atoms with van der Waals surface area (Å²) in [6.45, 7) is 7.75. The van der Waals surface area contributed by atoms with Crippen LogP contribution in [0.15, 0.2) is 121 Å². The number of ketones is 2. The summed E-state index contributed by atoms with van der Waals surface area (Å²) >= 11 is 0. The van der Waals surface area contributed by atoms with Crippen LogP contribution in [0.2, 0.25) is 0 Å². The van der Waals surface area contributed by atoms with Gasteiger partial charge in [-0.05, 0) is 38.8 Å². The van der Waals surface area contributed by atoms with Crippen molar-refractivity contribution >= 4 is 11.6 Å². The van der Waals surface area contributed by atoms with Crippen molar-refractivity contribution in [1.29, 1.82) is 0 Å². The number of rotatable bonds is 10. The van der Waals surface area contributed by atoms with Crippen LogP contribution in [0.4, 0.5) is 0 Å². The molecule has 0 aliphatic carbocycles. The molecular weight excluding hydrogens is 472 g/mol. The fourth-order valence-corrected chi connectivity index (χ4v) is 3.89. The van der Waals surface area contributed by atoms with Gasteiger partial charge in [0, 0.05) is 11.1 Å². The summed E-state index contributed by atoms with van der Waals surface area (Å²) in [6, 6.07) is 37.8. The molecule has 2 unspecified atom stereocenters. The Labute approximate surface area is 226 Å². The molecule has 4 rings (SSSR count). The Balaban J connectivity index is 0.000000211. The second-order valence-electron chi connectivity index (χ2n) is 9.41. The van der Waals surface area contributed by atoms with E-state index in [0.29, 0.717) is 11.1 Å². The highest BCUT2D eigenvalue weighted by molar-refractivity contribution is 6.00. The van der Waals surface area contributed by atoms with Gasteiger partial charge in [0.25, 0.3) is 0 Å². The predicted octanol–water partition coefficient (Wildman–Crippen LogP) is 8.07. The van der Waals surface area contributed by atoms with E-state index in [0.717, 1.165) is 11.1 Å². The summed E-state index contributed by atoms with van der Waals surface area (Å²) in [5.41, 5.74) is 3.14. The summed E-state index contributed by atoms with van der Waals surface area (Å²) < 4.78 is 11.6. The van der Waals surface area contributed by atoms with Gasteiger partial charge in [0.05, 0.1) is 12.2 Å². The van der Waals surface area contributed by atoms with Gasteiger partial charge < -0.3 is 9.47 Å². The maximum Gasteiger partial charge on any atom is 0.196 e. The van der Waals surface area contributed by atoms with E-state index in [9.17, 15) is 9.59 Å². The molecule has 4 heteroatoms. The standard InChI is InChI=1S/2C17H18O2/c2*1-13(2)19-17(15-11-7-4-8-12-15)16(18)14-9-5-3-6-10-14/h2*3-13,17H,1-2H3. The normalized spacial score (nSPS) is 12.4. The average Bonchev–Trinajstić information content (AvgIpc) is 2.96. The Morgan fingerprint density at radius 2 is 0.711 bits per heavy atom. The lowest BCUT2D eigenvalue weighted by Gasteiger charge is -2.19. The third kappa shape index (κ3) is 8.62. The van der Waals surface area contributed by atoms with E-state index in [1.165, 1.54) is 0 Å². The molecule has 196 valence electrons. The third-order valence-corrected chi connectivity index (χ3v) is 5.61. The molecule has 0 saturated heterocycles. The number of ether oxygens (including phenoxy) is 2. The monoisotopic (exact) mass is 508 g/mol. The lowest BCUT2D eigenvalue weighted by atomic mass is 9.99. The molecule has 0 heterocycles. The Morgan fingerprint density at radius 3 is 0.974 bits per heavy atom. The van der Waals surface area contributed by atoms with Crippen LogP contribution >= 0.6 is 0 Å². The van der Waals surface area contributed by atoms with E-state index >= 15 is 0 Å². The first kappa shape index (κ1) is 28.7. The van der Waals surface area contributed by atoms with Crippen LogP contribution in [0, 0.1) is 0 Å². The number of carbonyl (C=O) groups is 2. The highest BCUT2D eigenvalue weighted by Crippen LogP contribution is 2.25. The Morgan fingerprint density at radius 1 is 0.447 bits per heavy atom. The van der Waals surface area contributed by atoms with Gasteiger partial charge in [-0.15, -0.1) is 0 Å². The van der Waals surface area contributed by atoms with E-state index < -0.39 is 12.2 Å². The second-order valence-corrected chi connectivity index (χ2v) is 9.41. The molecule has 0 N–H and O–H groups in total. The third-order valence-electron chi connectivity index (χ3n) is 5.61. The smallest absolute Gasteiger partial charge is 0.196 e. The minimum atomic E-state index is -0.538. The molecule has 4 nitrogen and oxygen atoms in total. The number of hydrogen-bond donors (Lipinski definition) is 0. The number of carbonyl (C=O) groups excluding carboxylic acids is 2. The van der Waals surface area contributed by atoms with Gasteiger partial charge in [0.15, 0.2) is 11.6 Å². The second kappa shape index (κ2) is 14.8. The molecule has 4 aromatic carbocycles. The van der Waals surface area contributed by atoms with Gasteiger partial charge in [0.2, 0.25) is 0 Å². The van der Waals surface area contributed by atoms with Gasteiger partial charge >= 0.3 is 0 Å². The molecule has 38 heavy (non-hydrogen) atoms. The Kier molecular flexibility index (Phi) is 11.2. The van der Waals surface area contributed by atoms with Crippen molar-refractivity contribution in [2.24, 2.45) is 0 Å². The summed E-state index contributed by atoms with van der Waals surface area (Å²) in [5.74, 6) is 0.000926. The summed E-state index contributed by atoms with van der Waals surface area (Å²) in [5, 5.41) is 0. The van der Waals surface area contributed by atoms with Gasteiger partial charge in [-0.2, -0.15) is 0 Å². The minimum Gasteiger partial charge on any atom is -0.363 e. The summed E-state index contributed by atoms with van der Waals surface area (Å²) in [7, 11) is 0. The molecule has 0 aliphatic heterocycles. The molecule has 2 atom stereocenters. The first-order chi connectivity index (χ1) is 18.4. The number of Topliss-reactive ketones (excluding diaryl/α,β-unsaturated/α-hetero) is 2.